The number of rotatable bonds is 11. The van der Waals surface area contributed by atoms with Crippen LogP contribution in [0.5, 0.6) is 0 Å². The zero-order valence-corrected chi connectivity index (χ0v) is 13.9. The molecule has 0 fully saturated rings. The van der Waals surface area contributed by atoms with Crippen LogP contribution in [0, 0.1) is 0 Å². The predicted octanol–water partition coefficient (Wildman–Crippen LogP) is 3.19. The highest BCUT2D eigenvalue weighted by Crippen LogP contribution is 2.15. The fraction of sp³-hybridized carbons (Fsp3) is 0.875. The fourth-order valence-corrected chi connectivity index (χ4v) is 2.23. The number of carbonyl (C=O) groups is 2. The Morgan fingerprint density at radius 3 is 2.10 bits per heavy atom. The molecule has 5 heteroatoms. The molecule has 0 aliphatic carbocycles. The number of amides is 1. The Morgan fingerprint density at radius 2 is 1.62 bits per heavy atom. The maximum Gasteiger partial charge on any atom is 0.407 e. The van der Waals surface area contributed by atoms with Crippen molar-refractivity contribution in [2.24, 2.45) is 0 Å². The third-order valence-corrected chi connectivity index (χ3v) is 3.50. The molecule has 0 radical (unpaired) electrons. The molecule has 0 aliphatic rings. The summed E-state index contributed by atoms with van der Waals surface area (Å²) in [5.74, 6) is -0.151. The molecule has 0 aromatic heterocycles. The molecule has 0 rings (SSSR count). The lowest BCUT2D eigenvalue weighted by molar-refractivity contribution is -0.126. The molecular weight excluding hydrogens is 270 g/mol. The first-order valence-electron chi connectivity index (χ1n) is 7.92. The maximum absolute atomic E-state index is 12.1. The molecule has 0 saturated heterocycles. The molecule has 0 heterocycles. The van der Waals surface area contributed by atoms with Crippen LogP contribution in [0.2, 0.25) is 0 Å². The second kappa shape index (κ2) is 10.6. The van der Waals surface area contributed by atoms with Crippen LogP contribution in [-0.2, 0) is 9.53 Å². The van der Waals surface area contributed by atoms with Gasteiger partial charge in [0.25, 0.3) is 0 Å². The van der Waals surface area contributed by atoms with Gasteiger partial charge in [0.1, 0.15) is 6.04 Å². The molecule has 124 valence electrons. The van der Waals surface area contributed by atoms with Crippen LogP contribution in [0.1, 0.15) is 72.1 Å². The third kappa shape index (κ3) is 9.45. The Hall–Kier alpha value is -1.10. The molecule has 0 bridgehead atoms. The molecule has 21 heavy (non-hydrogen) atoms. The van der Waals surface area contributed by atoms with Gasteiger partial charge in [0, 0.05) is 6.42 Å². The summed E-state index contributed by atoms with van der Waals surface area (Å²) in [6.07, 6.45) is 7.55. The van der Waals surface area contributed by atoms with Crippen molar-refractivity contribution in [2.75, 3.05) is 7.11 Å². The number of nitrogens with one attached hydrogen (secondary N) is 1. The quantitative estimate of drug-likeness (QED) is 0.575. The van der Waals surface area contributed by atoms with Crippen LogP contribution in [-0.4, -0.2) is 35.7 Å². The summed E-state index contributed by atoms with van der Waals surface area (Å²) in [7, 11) is 1.23. The average molecular weight is 301 g/mol. The predicted molar refractivity (Wildman–Crippen MR) is 83.2 cm³/mol. The van der Waals surface area contributed by atoms with Gasteiger partial charge in [0.05, 0.1) is 12.7 Å². The van der Waals surface area contributed by atoms with Crippen LogP contribution in [0.15, 0.2) is 0 Å². The number of carbonyl (C=O) groups excluding carboxylic acids is 2. The monoisotopic (exact) mass is 301 g/mol. The molecule has 2 N–H and O–H groups in total. The minimum atomic E-state index is -1.30. The second-order valence-electron chi connectivity index (χ2n) is 6.06. The summed E-state index contributed by atoms with van der Waals surface area (Å²) in [4.78, 5) is 23.4. The van der Waals surface area contributed by atoms with E-state index >= 15 is 0 Å². The van der Waals surface area contributed by atoms with Crippen LogP contribution in [0.4, 0.5) is 4.79 Å². The van der Waals surface area contributed by atoms with Crippen molar-refractivity contribution in [3.05, 3.63) is 0 Å². The lowest BCUT2D eigenvalue weighted by Crippen LogP contribution is -2.54. The van der Waals surface area contributed by atoms with Crippen molar-refractivity contribution in [3.8, 4) is 0 Å². The van der Waals surface area contributed by atoms with Gasteiger partial charge in [-0.3, -0.25) is 4.79 Å². The molecule has 0 aromatic rings. The van der Waals surface area contributed by atoms with E-state index in [1.165, 1.54) is 46.6 Å². The number of hydrogen-bond acceptors (Lipinski definition) is 4. The largest absolute Gasteiger partial charge is 0.453 e. The van der Waals surface area contributed by atoms with Gasteiger partial charge in [-0.15, -0.1) is 0 Å². The lowest BCUT2D eigenvalue weighted by Gasteiger charge is -2.28. The van der Waals surface area contributed by atoms with E-state index in [1.54, 1.807) is 0 Å². The average Bonchev–Trinajstić information content (AvgIpc) is 2.41. The molecule has 1 amide bonds. The number of ether oxygens (including phenoxy) is 1. The molecule has 0 spiro atoms. The molecule has 1 atom stereocenters. The Labute approximate surface area is 128 Å². The van der Waals surface area contributed by atoms with Crippen molar-refractivity contribution in [1.82, 2.24) is 5.32 Å². The Balaban J connectivity index is 4.10. The second-order valence-corrected chi connectivity index (χ2v) is 6.06. The molecule has 0 aromatic carbocycles. The summed E-state index contributed by atoms with van der Waals surface area (Å²) in [5, 5.41) is 12.4. The first-order chi connectivity index (χ1) is 9.82. The van der Waals surface area contributed by atoms with Gasteiger partial charge in [-0.05, 0) is 20.3 Å². The van der Waals surface area contributed by atoms with E-state index in [0.717, 1.165) is 19.3 Å². The first-order valence-corrected chi connectivity index (χ1v) is 7.92. The highest BCUT2D eigenvalue weighted by Gasteiger charge is 2.34. The standard InChI is InChI=1S/C16H31NO4/c1-5-6-7-8-9-10-11-12-13(18)14(16(2,3)20)17-15(19)21-4/h14,20H,5-12H2,1-4H3,(H,17,19)/t14-/m1/s1. The summed E-state index contributed by atoms with van der Waals surface area (Å²) in [5.41, 5.74) is -1.30. The zero-order valence-electron chi connectivity index (χ0n) is 13.9. The number of ketones is 1. The smallest absolute Gasteiger partial charge is 0.407 e. The van der Waals surface area contributed by atoms with E-state index in [9.17, 15) is 14.7 Å². The molecule has 0 aliphatic heterocycles. The van der Waals surface area contributed by atoms with E-state index in [2.05, 4.69) is 17.0 Å². The third-order valence-electron chi connectivity index (χ3n) is 3.50. The number of Topliss-reactive ketones (excluding diaryl/α,β-unsaturated/α-hetero) is 1. The van der Waals surface area contributed by atoms with E-state index in [1.807, 2.05) is 0 Å². The number of aliphatic hydroxyl groups is 1. The van der Waals surface area contributed by atoms with Crippen molar-refractivity contribution in [1.29, 1.82) is 0 Å². The number of hydrogen-bond donors (Lipinski definition) is 2. The lowest BCUT2D eigenvalue weighted by atomic mass is 9.92. The minimum absolute atomic E-state index is 0.151. The van der Waals surface area contributed by atoms with Crippen molar-refractivity contribution >= 4 is 11.9 Å². The molecule has 5 nitrogen and oxygen atoms in total. The van der Waals surface area contributed by atoms with Crippen LogP contribution >= 0.6 is 0 Å². The first kappa shape index (κ1) is 19.9. The summed E-state index contributed by atoms with van der Waals surface area (Å²) in [6.45, 7) is 5.20. The van der Waals surface area contributed by atoms with E-state index in [4.69, 9.17) is 0 Å². The van der Waals surface area contributed by atoms with Crippen molar-refractivity contribution < 1.29 is 19.4 Å². The van der Waals surface area contributed by atoms with Gasteiger partial charge in [0.15, 0.2) is 5.78 Å². The van der Waals surface area contributed by atoms with Crippen LogP contribution in [0.3, 0.4) is 0 Å². The van der Waals surface area contributed by atoms with Crippen molar-refractivity contribution in [2.45, 2.75) is 83.8 Å². The Morgan fingerprint density at radius 1 is 1.10 bits per heavy atom. The van der Waals surface area contributed by atoms with Gasteiger partial charge in [-0.2, -0.15) is 0 Å². The van der Waals surface area contributed by atoms with E-state index in [-0.39, 0.29) is 5.78 Å². The minimum Gasteiger partial charge on any atom is -0.453 e. The zero-order chi connectivity index (χ0) is 16.3. The fourth-order valence-electron chi connectivity index (χ4n) is 2.23. The Bertz CT molecular complexity index is 310. The molecule has 0 saturated carbocycles. The van der Waals surface area contributed by atoms with Gasteiger partial charge >= 0.3 is 6.09 Å². The molecule has 0 unspecified atom stereocenters. The highest BCUT2D eigenvalue weighted by atomic mass is 16.5. The normalized spacial score (nSPS) is 12.8. The van der Waals surface area contributed by atoms with Crippen LogP contribution < -0.4 is 5.32 Å². The van der Waals surface area contributed by atoms with Gasteiger partial charge < -0.3 is 15.2 Å². The molecular formula is C16H31NO4. The number of methoxy groups -OCH3 is 1. The number of unbranched alkanes of at least 4 members (excludes halogenated alkanes) is 6. The topological polar surface area (TPSA) is 75.6 Å². The van der Waals surface area contributed by atoms with Gasteiger partial charge in [0.2, 0.25) is 0 Å². The summed E-state index contributed by atoms with van der Waals surface area (Å²) < 4.78 is 4.49. The summed E-state index contributed by atoms with van der Waals surface area (Å²) >= 11 is 0. The maximum atomic E-state index is 12.1. The van der Waals surface area contributed by atoms with E-state index < -0.39 is 17.7 Å². The van der Waals surface area contributed by atoms with Gasteiger partial charge in [-0.1, -0.05) is 45.4 Å². The summed E-state index contributed by atoms with van der Waals surface area (Å²) in [6, 6.07) is -0.926. The van der Waals surface area contributed by atoms with Crippen molar-refractivity contribution in [3.63, 3.8) is 0 Å². The highest BCUT2D eigenvalue weighted by molar-refractivity contribution is 5.88. The van der Waals surface area contributed by atoms with Gasteiger partial charge in [-0.25, -0.2) is 4.79 Å². The van der Waals surface area contributed by atoms with E-state index in [0.29, 0.717) is 6.42 Å². The Kier molecular flexibility index (Phi) is 10.0. The van der Waals surface area contributed by atoms with Crippen LogP contribution in [0.25, 0.3) is 0 Å². The number of alkyl carbamates (subject to hydrolysis) is 1. The SMILES string of the molecule is CCCCCCCCCC(=O)[C@@H](NC(=O)OC)C(C)(C)O.